The van der Waals surface area contributed by atoms with Crippen molar-refractivity contribution in [2.45, 2.75) is 24.4 Å². The fourth-order valence-corrected chi connectivity index (χ4v) is 4.21. The van der Waals surface area contributed by atoms with Gasteiger partial charge in [-0.15, -0.1) is 11.8 Å². The number of carbonyl (C=O) groups is 3. The van der Waals surface area contributed by atoms with Gasteiger partial charge in [-0.3, -0.25) is 14.5 Å². The summed E-state index contributed by atoms with van der Waals surface area (Å²) in [5.41, 5.74) is 7.70. The maximum Gasteiger partial charge on any atom is 0.354 e. The first kappa shape index (κ1) is 17.5. The van der Waals surface area contributed by atoms with E-state index in [9.17, 15) is 14.4 Å². The van der Waals surface area contributed by atoms with Gasteiger partial charge in [-0.25, -0.2) is 4.79 Å². The highest BCUT2D eigenvalue weighted by Crippen LogP contribution is 2.40. The average Bonchev–Trinajstić information content (AvgIpc) is 2.65. The minimum absolute atomic E-state index is 0.272. The Kier molecular flexibility index (Phi) is 4.82. The van der Waals surface area contributed by atoms with E-state index in [4.69, 9.17) is 10.5 Å². The van der Waals surface area contributed by atoms with Crippen LogP contribution in [0.25, 0.3) is 0 Å². The standard InChI is InChI=1S/C17H19N3O4S/c1-9-8-25-16-12(15(22)20(16)13(9)17(23)24-2)19-14(21)11(18)10-6-4-3-5-7-10/h3-7,11-12,16H,8,18H2,1-2H3,(H,19,21)/t11-,12-,16-/m1/s1. The molecule has 0 aliphatic carbocycles. The molecule has 25 heavy (non-hydrogen) atoms. The van der Waals surface area contributed by atoms with Crippen LogP contribution in [0.3, 0.4) is 0 Å². The van der Waals surface area contributed by atoms with Gasteiger partial charge in [0.1, 0.15) is 23.2 Å². The summed E-state index contributed by atoms with van der Waals surface area (Å²) in [6.45, 7) is 1.79. The van der Waals surface area contributed by atoms with Crippen LogP contribution in [-0.4, -0.2) is 47.0 Å². The number of fused-ring (bicyclic) bond motifs is 1. The number of hydrogen-bond donors (Lipinski definition) is 2. The number of β-lactam (4-membered cyclic amide) rings is 1. The summed E-state index contributed by atoms with van der Waals surface area (Å²) in [5, 5.41) is 2.38. The lowest BCUT2D eigenvalue weighted by molar-refractivity contribution is -0.151. The predicted octanol–water partition coefficient (Wildman–Crippen LogP) is 0.533. The lowest BCUT2D eigenvalue weighted by atomic mass is 10.0. The number of esters is 1. The Morgan fingerprint density at radius 1 is 1.36 bits per heavy atom. The highest BCUT2D eigenvalue weighted by molar-refractivity contribution is 8.00. The molecule has 2 aliphatic rings. The van der Waals surface area contributed by atoms with E-state index in [-0.39, 0.29) is 17.0 Å². The number of nitrogens with two attached hydrogens (primary N) is 1. The van der Waals surface area contributed by atoms with E-state index in [1.54, 1.807) is 31.2 Å². The number of rotatable bonds is 4. The van der Waals surface area contributed by atoms with E-state index < -0.39 is 24.0 Å². The second-order valence-electron chi connectivity index (χ2n) is 5.90. The van der Waals surface area contributed by atoms with Crippen molar-refractivity contribution in [1.82, 2.24) is 10.2 Å². The van der Waals surface area contributed by atoms with E-state index in [0.717, 1.165) is 5.57 Å². The maximum atomic E-state index is 12.5. The zero-order valence-corrected chi connectivity index (χ0v) is 14.7. The number of nitrogens with zero attached hydrogens (tertiary/aromatic N) is 1. The van der Waals surface area contributed by atoms with Crippen molar-refractivity contribution in [3.63, 3.8) is 0 Å². The molecule has 1 aromatic carbocycles. The van der Waals surface area contributed by atoms with Crippen molar-refractivity contribution in [3.8, 4) is 0 Å². The third kappa shape index (κ3) is 3.03. The van der Waals surface area contributed by atoms with Crippen LogP contribution < -0.4 is 11.1 Å². The topological polar surface area (TPSA) is 102 Å². The molecule has 7 nitrogen and oxygen atoms in total. The molecule has 1 fully saturated rings. The quantitative estimate of drug-likeness (QED) is 0.599. The molecule has 1 saturated heterocycles. The fourth-order valence-electron chi connectivity index (χ4n) is 2.91. The smallest absolute Gasteiger partial charge is 0.354 e. The molecule has 132 valence electrons. The Morgan fingerprint density at radius 3 is 2.68 bits per heavy atom. The monoisotopic (exact) mass is 361 g/mol. The third-order valence-corrected chi connectivity index (χ3v) is 5.70. The van der Waals surface area contributed by atoms with Gasteiger partial charge in [0, 0.05) is 5.75 Å². The average molecular weight is 361 g/mol. The zero-order chi connectivity index (χ0) is 18.1. The number of thioether (sulfide) groups is 1. The zero-order valence-electron chi connectivity index (χ0n) is 13.9. The van der Waals surface area contributed by atoms with Crippen LogP contribution in [0.15, 0.2) is 41.6 Å². The van der Waals surface area contributed by atoms with E-state index in [0.29, 0.717) is 11.3 Å². The number of hydrogen-bond acceptors (Lipinski definition) is 6. The molecule has 1 aromatic rings. The van der Waals surface area contributed by atoms with Crippen molar-refractivity contribution in [3.05, 3.63) is 47.2 Å². The molecule has 8 heteroatoms. The minimum atomic E-state index is -0.853. The molecule has 0 aromatic heterocycles. The normalized spacial score (nSPS) is 23.5. The number of methoxy groups -OCH3 is 1. The molecule has 3 atom stereocenters. The van der Waals surface area contributed by atoms with Crippen LogP contribution in [-0.2, 0) is 19.1 Å². The Balaban J connectivity index is 1.72. The summed E-state index contributed by atoms with van der Waals surface area (Å²) in [6.07, 6.45) is 0. The molecule has 0 radical (unpaired) electrons. The van der Waals surface area contributed by atoms with Crippen LogP contribution in [0.2, 0.25) is 0 Å². The van der Waals surface area contributed by atoms with E-state index in [1.165, 1.54) is 23.8 Å². The van der Waals surface area contributed by atoms with Gasteiger partial charge >= 0.3 is 5.97 Å². The Morgan fingerprint density at radius 2 is 2.04 bits per heavy atom. The first-order valence-corrected chi connectivity index (χ1v) is 8.84. The molecular weight excluding hydrogens is 342 g/mol. The van der Waals surface area contributed by atoms with Gasteiger partial charge in [-0.2, -0.15) is 0 Å². The summed E-state index contributed by atoms with van der Waals surface area (Å²) in [5.74, 6) is -0.695. The van der Waals surface area contributed by atoms with Gasteiger partial charge in [-0.1, -0.05) is 30.3 Å². The molecule has 0 bridgehead atoms. The first-order chi connectivity index (χ1) is 12.0. The second kappa shape index (κ2) is 6.89. The Labute approximate surface area is 149 Å². The number of nitrogens with one attached hydrogen (secondary N) is 1. The molecule has 2 amide bonds. The molecule has 2 aliphatic heterocycles. The highest BCUT2D eigenvalue weighted by Gasteiger charge is 2.54. The highest BCUT2D eigenvalue weighted by atomic mass is 32.2. The minimum Gasteiger partial charge on any atom is -0.464 e. The van der Waals surface area contributed by atoms with Crippen molar-refractivity contribution in [2.75, 3.05) is 12.9 Å². The van der Waals surface area contributed by atoms with E-state index in [2.05, 4.69) is 5.32 Å². The Bertz CT molecular complexity index is 750. The largest absolute Gasteiger partial charge is 0.464 e. The first-order valence-electron chi connectivity index (χ1n) is 7.79. The molecule has 2 heterocycles. The van der Waals surface area contributed by atoms with E-state index in [1.807, 2.05) is 6.07 Å². The summed E-state index contributed by atoms with van der Waals surface area (Å²) < 4.78 is 4.77. The van der Waals surface area contributed by atoms with Gasteiger partial charge in [-0.05, 0) is 18.1 Å². The number of benzene rings is 1. The van der Waals surface area contributed by atoms with Crippen LogP contribution in [0.1, 0.15) is 18.5 Å². The van der Waals surface area contributed by atoms with Crippen molar-refractivity contribution < 1.29 is 19.1 Å². The second-order valence-corrected chi connectivity index (χ2v) is 7.01. The lowest BCUT2D eigenvalue weighted by Gasteiger charge is -2.49. The van der Waals surface area contributed by atoms with Crippen LogP contribution >= 0.6 is 11.8 Å². The van der Waals surface area contributed by atoms with Crippen molar-refractivity contribution in [1.29, 1.82) is 0 Å². The summed E-state index contributed by atoms with van der Waals surface area (Å²) >= 11 is 1.50. The molecule has 3 N–H and O–H groups in total. The summed E-state index contributed by atoms with van der Waals surface area (Å²) in [6, 6.07) is 7.40. The van der Waals surface area contributed by atoms with Gasteiger partial charge in [0.15, 0.2) is 0 Å². The number of ether oxygens (including phenoxy) is 1. The molecule has 0 unspecified atom stereocenters. The molecule has 3 rings (SSSR count). The van der Waals surface area contributed by atoms with Crippen LogP contribution in [0.5, 0.6) is 0 Å². The SMILES string of the molecule is COC(=O)C1=C(C)CS[C@@H]2[C@H](NC(=O)[C@H](N)c3ccccc3)C(=O)N12. The molecule has 0 saturated carbocycles. The van der Waals surface area contributed by atoms with Crippen molar-refractivity contribution in [2.24, 2.45) is 5.73 Å². The lowest BCUT2D eigenvalue weighted by Crippen LogP contribution is -2.71. The fraction of sp³-hybridized carbons (Fsp3) is 0.353. The van der Waals surface area contributed by atoms with Gasteiger partial charge < -0.3 is 15.8 Å². The summed E-state index contributed by atoms with van der Waals surface area (Å²) in [7, 11) is 1.28. The molecule has 0 spiro atoms. The van der Waals surface area contributed by atoms with Crippen LogP contribution in [0, 0.1) is 0 Å². The van der Waals surface area contributed by atoms with Gasteiger partial charge in [0.05, 0.1) is 7.11 Å². The Hall–Kier alpha value is -2.32. The van der Waals surface area contributed by atoms with Crippen LogP contribution in [0.4, 0.5) is 0 Å². The van der Waals surface area contributed by atoms with Crippen molar-refractivity contribution >= 4 is 29.5 Å². The summed E-state index contributed by atoms with van der Waals surface area (Å²) in [4.78, 5) is 38.2. The van der Waals surface area contributed by atoms with Gasteiger partial charge in [0.25, 0.3) is 5.91 Å². The third-order valence-electron chi connectivity index (χ3n) is 4.28. The molecular formula is C17H19N3O4S. The predicted molar refractivity (Wildman–Crippen MR) is 93.1 cm³/mol. The number of amides is 2. The van der Waals surface area contributed by atoms with E-state index >= 15 is 0 Å². The van der Waals surface area contributed by atoms with Gasteiger partial charge in [0.2, 0.25) is 5.91 Å². The number of carbonyl (C=O) groups excluding carboxylic acids is 3. The maximum absolute atomic E-state index is 12.5.